The topological polar surface area (TPSA) is 123 Å². The van der Waals surface area contributed by atoms with Gasteiger partial charge in [-0.1, -0.05) is 17.4 Å². The Morgan fingerprint density at radius 3 is 2.53 bits per heavy atom. The van der Waals surface area contributed by atoms with Gasteiger partial charge in [-0.3, -0.25) is 14.9 Å². The van der Waals surface area contributed by atoms with Crippen LogP contribution < -0.4 is 16.2 Å². The lowest BCUT2D eigenvalue weighted by atomic mass is 9.98. The summed E-state index contributed by atoms with van der Waals surface area (Å²) in [7, 11) is -2.44. The van der Waals surface area contributed by atoms with Gasteiger partial charge in [0, 0.05) is 48.2 Å². The van der Waals surface area contributed by atoms with Crippen LogP contribution in [0.4, 0.5) is 8.78 Å². The number of thiol groups is 1. The molecule has 1 unspecified atom stereocenters. The lowest BCUT2D eigenvalue weighted by Crippen LogP contribution is -2.54. The van der Waals surface area contributed by atoms with Crippen molar-refractivity contribution in [3.05, 3.63) is 41.6 Å². The van der Waals surface area contributed by atoms with Gasteiger partial charge in [0.2, 0.25) is 5.91 Å². The number of primary amides is 1. The fraction of sp³-hybridized carbons (Fsp3) is 0.474. The van der Waals surface area contributed by atoms with Gasteiger partial charge >= 0.3 is 0 Å². The Morgan fingerprint density at radius 2 is 2.03 bits per heavy atom. The minimum absolute atomic E-state index is 0.238. The maximum absolute atomic E-state index is 13.3. The molecule has 170 valence electrons. The molecule has 2 rings (SSSR count). The van der Waals surface area contributed by atoms with Crippen LogP contribution >= 0.6 is 23.1 Å². The Labute approximate surface area is 183 Å². The van der Waals surface area contributed by atoms with Crippen molar-refractivity contribution < 1.29 is 22.9 Å². The maximum atomic E-state index is 13.3. The van der Waals surface area contributed by atoms with Crippen LogP contribution in [0.1, 0.15) is 32.3 Å². The smallest absolute Gasteiger partial charge is 0.235 e. The van der Waals surface area contributed by atoms with E-state index < -0.39 is 32.8 Å². The molecule has 1 saturated heterocycles. The lowest BCUT2D eigenvalue weighted by Gasteiger charge is -2.47. The van der Waals surface area contributed by atoms with E-state index in [-0.39, 0.29) is 5.56 Å². The zero-order chi connectivity index (χ0) is 22.8. The van der Waals surface area contributed by atoms with Crippen LogP contribution in [0, 0.1) is 11.6 Å². The number of aliphatic imine (C=N–C) groups is 1. The van der Waals surface area contributed by atoms with E-state index in [1.165, 1.54) is 24.7 Å². The summed E-state index contributed by atoms with van der Waals surface area (Å²) in [6.07, 6.45) is 3.83. The number of hydrogen-bond acceptors (Lipinski definition) is 6. The summed E-state index contributed by atoms with van der Waals surface area (Å²) in [6, 6.07) is 3.34. The van der Waals surface area contributed by atoms with Crippen molar-refractivity contribution in [1.82, 2.24) is 5.32 Å². The molecule has 1 fully saturated rings. The Morgan fingerprint density at radius 1 is 1.40 bits per heavy atom. The largest absolute Gasteiger partial charge is 0.381 e. The van der Waals surface area contributed by atoms with Gasteiger partial charge in [-0.25, -0.2) is 8.78 Å². The summed E-state index contributed by atoms with van der Waals surface area (Å²) in [5.74, 6) is -1.36. The minimum Gasteiger partial charge on any atom is -0.381 e. The number of rotatable bonds is 7. The number of halogens is 2. The minimum atomic E-state index is -2.44. The first-order chi connectivity index (χ1) is 14.1. The van der Waals surface area contributed by atoms with Gasteiger partial charge in [-0.05, 0) is 31.9 Å². The number of nitrogens with one attached hydrogen (secondary N) is 1. The van der Waals surface area contributed by atoms with Crippen molar-refractivity contribution in [2.75, 3.05) is 25.5 Å². The second kappa shape index (κ2) is 12.3. The molecule has 1 aromatic carbocycles. The number of ether oxygens (including phenoxy) is 1. The summed E-state index contributed by atoms with van der Waals surface area (Å²) >= 11 is 4.10. The van der Waals surface area contributed by atoms with E-state index in [1.54, 1.807) is 6.92 Å². The van der Waals surface area contributed by atoms with Gasteiger partial charge in [-0.15, -0.1) is 12.6 Å². The maximum Gasteiger partial charge on any atom is 0.235 e. The van der Waals surface area contributed by atoms with Crippen molar-refractivity contribution in [1.29, 1.82) is 0 Å². The van der Waals surface area contributed by atoms with Crippen LogP contribution in [0.2, 0.25) is 0 Å². The monoisotopic (exact) mass is 464 g/mol. The van der Waals surface area contributed by atoms with E-state index in [4.69, 9.17) is 15.6 Å². The highest BCUT2D eigenvalue weighted by atomic mass is 32.3. The van der Waals surface area contributed by atoms with E-state index in [1.807, 2.05) is 6.92 Å². The second-order valence-electron chi connectivity index (χ2n) is 6.46. The van der Waals surface area contributed by atoms with Gasteiger partial charge in [0.1, 0.15) is 16.4 Å². The van der Waals surface area contributed by atoms with Gasteiger partial charge in [0.05, 0.1) is 6.34 Å². The number of amides is 1. The normalized spacial score (nSPS) is 19.4. The third-order valence-corrected chi connectivity index (χ3v) is 7.85. The highest BCUT2D eigenvalue weighted by Gasteiger charge is 2.49. The number of benzene rings is 1. The quantitative estimate of drug-likeness (QED) is 0.241. The first-order valence-electron chi connectivity index (χ1n) is 9.38. The van der Waals surface area contributed by atoms with E-state index in [0.717, 1.165) is 6.07 Å². The number of carbonyl (C=O) groups is 1. The van der Waals surface area contributed by atoms with Gasteiger partial charge in [0.15, 0.2) is 0 Å². The highest BCUT2D eigenvalue weighted by Crippen LogP contribution is 2.53. The van der Waals surface area contributed by atoms with Crippen LogP contribution in [-0.4, -0.2) is 47.1 Å². The molecule has 1 amide bonds. The summed E-state index contributed by atoms with van der Waals surface area (Å²) in [6.45, 7) is 5.21. The third kappa shape index (κ3) is 6.95. The first-order valence-corrected chi connectivity index (χ1v) is 11.7. The van der Waals surface area contributed by atoms with Crippen molar-refractivity contribution >= 4 is 40.3 Å². The molecule has 1 aromatic rings. The second-order valence-corrected chi connectivity index (χ2v) is 9.81. The number of nitrogens with two attached hydrogens (primary N) is 2. The molecule has 0 bridgehead atoms. The fourth-order valence-corrected chi connectivity index (χ4v) is 4.82. The summed E-state index contributed by atoms with van der Waals surface area (Å²) in [4.78, 5) is 15.7. The number of hydrogen-bond donors (Lipinski definition) is 5. The highest BCUT2D eigenvalue weighted by molar-refractivity contribution is 8.28. The van der Waals surface area contributed by atoms with Crippen LogP contribution in [0.15, 0.2) is 29.4 Å². The third-order valence-electron chi connectivity index (χ3n) is 4.64. The molecule has 30 heavy (non-hydrogen) atoms. The molecule has 0 aliphatic carbocycles. The molecule has 11 heteroatoms. The molecule has 0 aromatic heterocycles. The van der Waals surface area contributed by atoms with Crippen molar-refractivity contribution in [2.45, 2.75) is 31.4 Å². The molecular formula is C19H30F2N4O3S2. The lowest BCUT2D eigenvalue weighted by molar-refractivity contribution is -0.122. The van der Waals surface area contributed by atoms with Crippen molar-refractivity contribution in [3.8, 4) is 0 Å². The summed E-state index contributed by atoms with van der Waals surface area (Å²) in [5.41, 5.74) is 5.59. The van der Waals surface area contributed by atoms with Crippen molar-refractivity contribution in [2.24, 2.45) is 15.9 Å². The zero-order valence-corrected chi connectivity index (χ0v) is 18.8. The van der Waals surface area contributed by atoms with E-state index >= 15 is 0 Å². The summed E-state index contributed by atoms with van der Waals surface area (Å²) < 4.78 is 40.2. The van der Waals surface area contributed by atoms with Crippen molar-refractivity contribution in [3.63, 3.8) is 0 Å². The van der Waals surface area contributed by atoms with Crippen LogP contribution in [0.3, 0.4) is 0 Å². The SMILES string of the molecule is CCN=CN/C=C(\S)c1ccc(F)cc1F.CCS(N)(O)C1(C(N)=O)CCOCC1. The van der Waals surface area contributed by atoms with Gasteiger partial charge in [-0.2, -0.15) is 0 Å². The molecule has 1 aliphatic heterocycles. The molecule has 0 saturated carbocycles. The standard InChI is InChI=1S/C11H12F2N2S.C8H18N2O3S/c1-2-14-7-15-6-11(16)9-4-3-8(12)5-10(9)13;1-2-14(10,12)8(7(9)11)3-5-13-6-4-8/h3-7,16H,2H2,1H3,(H,14,15);12H,2-6,10H2,1H3,(H2,9,11)/b11-6-;. The number of carbonyl (C=O) groups excluding carboxylic acids is 1. The molecule has 1 aliphatic rings. The molecule has 7 nitrogen and oxygen atoms in total. The zero-order valence-electron chi connectivity index (χ0n) is 17.1. The predicted octanol–water partition coefficient (Wildman–Crippen LogP) is 3.02. The summed E-state index contributed by atoms with van der Waals surface area (Å²) in [5, 5.41) is 8.55. The Bertz CT molecular complexity index is 770. The predicted molar refractivity (Wildman–Crippen MR) is 122 cm³/mol. The molecule has 6 N–H and O–H groups in total. The first kappa shape index (κ1) is 26.4. The van der Waals surface area contributed by atoms with E-state index in [2.05, 4.69) is 22.9 Å². The Kier molecular flexibility index (Phi) is 10.8. The molecule has 0 radical (unpaired) electrons. The Balaban J connectivity index is 0.000000303. The number of nitrogens with zero attached hydrogens (tertiary/aromatic N) is 1. The molecule has 1 heterocycles. The van der Waals surface area contributed by atoms with E-state index in [9.17, 15) is 18.1 Å². The molecule has 1 atom stereocenters. The van der Waals surface area contributed by atoms with Crippen LogP contribution in [-0.2, 0) is 9.53 Å². The fourth-order valence-electron chi connectivity index (χ4n) is 2.79. The van der Waals surface area contributed by atoms with Gasteiger partial charge < -0.3 is 20.3 Å². The van der Waals surface area contributed by atoms with Crippen LogP contribution in [0.25, 0.3) is 4.91 Å². The van der Waals surface area contributed by atoms with Crippen LogP contribution in [0.5, 0.6) is 0 Å². The average molecular weight is 465 g/mol. The van der Waals surface area contributed by atoms with Gasteiger partial charge in [0.25, 0.3) is 0 Å². The Hall–Kier alpha value is -1.66. The molecule has 0 spiro atoms. The van der Waals surface area contributed by atoms with E-state index in [0.29, 0.717) is 43.3 Å². The molecular weight excluding hydrogens is 434 g/mol. The average Bonchev–Trinajstić information content (AvgIpc) is 2.71.